The number of halogens is 3. The van der Waals surface area contributed by atoms with Crippen molar-refractivity contribution >= 4 is 53.1 Å². The normalized spacial score (nSPS) is 13.6. The largest absolute Gasteiger partial charge is 0.354 e. The number of hydrogen-bond acceptors (Lipinski definition) is 3. The summed E-state index contributed by atoms with van der Waals surface area (Å²) in [4.78, 5) is 4.73. The Bertz CT molecular complexity index is 765. The molecule has 2 N–H and O–H groups in total. The van der Waals surface area contributed by atoms with E-state index in [1.54, 1.807) is 6.33 Å². The number of aromatic nitrogens is 3. The lowest BCUT2D eigenvalue weighted by molar-refractivity contribution is 0.596. The van der Waals surface area contributed by atoms with Crippen molar-refractivity contribution in [2.75, 3.05) is 6.54 Å². The Labute approximate surface area is 194 Å². The van der Waals surface area contributed by atoms with E-state index in [1.807, 2.05) is 22.8 Å². The standard InChI is InChI=1S/C19H28Cl2N6.HI/c1-5-13(3)24-19(22-9-10-27-12-23-26-18(27)6-2)25-14(4)15-7-8-16(20)17(21)11-15;/h7-8,11-14H,5-6,9-10H2,1-4H3,(H2,22,24,25);1H. The average Bonchev–Trinajstić information content (AvgIpc) is 3.11. The van der Waals surface area contributed by atoms with E-state index in [-0.39, 0.29) is 30.0 Å². The van der Waals surface area contributed by atoms with Crippen molar-refractivity contribution < 1.29 is 0 Å². The second kappa shape index (κ2) is 12.5. The molecule has 0 saturated carbocycles. The molecular formula is C19H29Cl2IN6. The molecule has 2 rings (SSSR count). The Morgan fingerprint density at radius 1 is 1.18 bits per heavy atom. The van der Waals surface area contributed by atoms with Gasteiger partial charge in [-0.15, -0.1) is 34.2 Å². The number of hydrogen-bond donors (Lipinski definition) is 2. The zero-order valence-electron chi connectivity index (χ0n) is 16.7. The second-order valence-corrected chi connectivity index (χ2v) is 7.33. The van der Waals surface area contributed by atoms with Gasteiger partial charge in [0.1, 0.15) is 12.2 Å². The molecule has 6 nitrogen and oxygen atoms in total. The predicted octanol–water partition coefficient (Wildman–Crippen LogP) is 4.86. The lowest BCUT2D eigenvalue weighted by Crippen LogP contribution is -2.43. The molecule has 1 heterocycles. The molecule has 0 fully saturated rings. The highest BCUT2D eigenvalue weighted by atomic mass is 127. The van der Waals surface area contributed by atoms with E-state index in [0.717, 1.165) is 36.7 Å². The molecule has 28 heavy (non-hydrogen) atoms. The van der Waals surface area contributed by atoms with E-state index in [2.05, 4.69) is 48.5 Å². The van der Waals surface area contributed by atoms with E-state index in [0.29, 0.717) is 22.6 Å². The fraction of sp³-hybridized carbons (Fsp3) is 0.526. The van der Waals surface area contributed by atoms with Crippen LogP contribution in [0.4, 0.5) is 0 Å². The Morgan fingerprint density at radius 2 is 1.93 bits per heavy atom. The summed E-state index contributed by atoms with van der Waals surface area (Å²) >= 11 is 12.2. The number of aliphatic imine (C=N–C) groups is 1. The molecule has 0 amide bonds. The van der Waals surface area contributed by atoms with E-state index in [4.69, 9.17) is 28.2 Å². The van der Waals surface area contributed by atoms with Crippen LogP contribution < -0.4 is 10.6 Å². The van der Waals surface area contributed by atoms with E-state index in [9.17, 15) is 0 Å². The molecule has 2 aromatic rings. The first-order valence-electron chi connectivity index (χ1n) is 9.33. The van der Waals surface area contributed by atoms with Crippen LogP contribution in [0.2, 0.25) is 10.0 Å². The Kier molecular flexibility index (Phi) is 11.1. The van der Waals surface area contributed by atoms with Crippen LogP contribution in [0.1, 0.15) is 51.5 Å². The third kappa shape index (κ3) is 7.40. The summed E-state index contributed by atoms with van der Waals surface area (Å²) < 4.78 is 2.03. The molecule has 0 bridgehead atoms. The van der Waals surface area contributed by atoms with Gasteiger partial charge >= 0.3 is 0 Å². The molecule has 0 spiro atoms. The molecule has 0 aliphatic carbocycles. The van der Waals surface area contributed by atoms with Gasteiger partial charge < -0.3 is 15.2 Å². The molecule has 0 aliphatic heterocycles. The van der Waals surface area contributed by atoms with Gasteiger partial charge in [-0.2, -0.15) is 0 Å². The van der Waals surface area contributed by atoms with Crippen molar-refractivity contribution in [3.8, 4) is 0 Å². The van der Waals surface area contributed by atoms with Crippen LogP contribution in [-0.4, -0.2) is 33.3 Å². The monoisotopic (exact) mass is 538 g/mol. The molecule has 9 heteroatoms. The molecule has 2 atom stereocenters. The lowest BCUT2D eigenvalue weighted by Gasteiger charge is -2.22. The summed E-state index contributed by atoms with van der Waals surface area (Å²) in [6.07, 6.45) is 3.61. The van der Waals surface area contributed by atoms with Crippen molar-refractivity contribution in [3.05, 3.63) is 46.0 Å². The summed E-state index contributed by atoms with van der Waals surface area (Å²) in [6.45, 7) is 9.79. The quantitative estimate of drug-likeness (QED) is 0.286. The number of rotatable bonds is 8. The van der Waals surface area contributed by atoms with Crippen LogP contribution in [0.25, 0.3) is 0 Å². The van der Waals surface area contributed by atoms with Gasteiger partial charge in [0.25, 0.3) is 0 Å². The molecular weight excluding hydrogens is 510 g/mol. The van der Waals surface area contributed by atoms with Crippen LogP contribution in [0, 0.1) is 0 Å². The maximum absolute atomic E-state index is 6.15. The minimum absolute atomic E-state index is 0. The average molecular weight is 539 g/mol. The van der Waals surface area contributed by atoms with Gasteiger partial charge in [0.15, 0.2) is 5.96 Å². The highest BCUT2D eigenvalue weighted by Crippen LogP contribution is 2.25. The number of nitrogens with zero attached hydrogens (tertiary/aromatic N) is 4. The fourth-order valence-corrected chi connectivity index (χ4v) is 2.85. The summed E-state index contributed by atoms with van der Waals surface area (Å²) in [7, 11) is 0. The number of benzene rings is 1. The highest BCUT2D eigenvalue weighted by molar-refractivity contribution is 14.0. The number of aryl methyl sites for hydroxylation is 1. The van der Waals surface area contributed by atoms with Gasteiger partial charge in [-0.3, -0.25) is 4.99 Å². The Balaban J connectivity index is 0.00000392. The van der Waals surface area contributed by atoms with E-state index in [1.165, 1.54) is 0 Å². The molecule has 0 aliphatic rings. The molecule has 0 saturated heterocycles. The Hall–Kier alpha value is -1.06. The molecule has 1 aromatic heterocycles. The summed E-state index contributed by atoms with van der Waals surface area (Å²) in [5.74, 6) is 1.74. The molecule has 1 aromatic carbocycles. The van der Waals surface area contributed by atoms with Crippen LogP contribution in [0.5, 0.6) is 0 Å². The molecule has 2 unspecified atom stereocenters. The van der Waals surface area contributed by atoms with Gasteiger partial charge in [-0.05, 0) is 38.0 Å². The van der Waals surface area contributed by atoms with E-state index < -0.39 is 0 Å². The maximum atomic E-state index is 6.15. The van der Waals surface area contributed by atoms with E-state index >= 15 is 0 Å². The molecule has 0 radical (unpaired) electrons. The van der Waals surface area contributed by atoms with Crippen molar-refractivity contribution in [2.24, 2.45) is 4.99 Å². The minimum Gasteiger partial charge on any atom is -0.354 e. The van der Waals surface area contributed by atoms with Gasteiger partial charge in [0, 0.05) is 19.0 Å². The van der Waals surface area contributed by atoms with Gasteiger partial charge in [-0.25, -0.2) is 0 Å². The summed E-state index contributed by atoms with van der Waals surface area (Å²) in [5.41, 5.74) is 1.05. The van der Waals surface area contributed by atoms with Gasteiger partial charge in [0.2, 0.25) is 0 Å². The van der Waals surface area contributed by atoms with Crippen molar-refractivity contribution in [1.29, 1.82) is 0 Å². The number of guanidine groups is 1. The summed E-state index contributed by atoms with van der Waals surface area (Å²) in [6, 6.07) is 6.02. The van der Waals surface area contributed by atoms with Crippen LogP contribution >= 0.6 is 47.2 Å². The summed E-state index contributed by atoms with van der Waals surface area (Å²) in [5, 5.41) is 16.1. The smallest absolute Gasteiger partial charge is 0.192 e. The first-order chi connectivity index (χ1) is 12.9. The van der Waals surface area contributed by atoms with Crippen LogP contribution in [0.15, 0.2) is 29.5 Å². The zero-order valence-corrected chi connectivity index (χ0v) is 20.6. The first kappa shape index (κ1) is 25.0. The van der Waals surface area contributed by atoms with Crippen LogP contribution in [-0.2, 0) is 13.0 Å². The van der Waals surface area contributed by atoms with Crippen molar-refractivity contribution in [2.45, 2.75) is 59.2 Å². The SMILES string of the molecule is CCc1nncn1CCN=C(NC(C)CC)NC(C)c1ccc(Cl)c(Cl)c1.I. The van der Waals surface area contributed by atoms with Gasteiger partial charge in [0.05, 0.1) is 22.6 Å². The minimum atomic E-state index is 0. The van der Waals surface area contributed by atoms with Crippen molar-refractivity contribution in [3.63, 3.8) is 0 Å². The van der Waals surface area contributed by atoms with Crippen molar-refractivity contribution in [1.82, 2.24) is 25.4 Å². The fourth-order valence-electron chi connectivity index (χ4n) is 2.55. The highest BCUT2D eigenvalue weighted by Gasteiger charge is 2.11. The number of nitrogens with one attached hydrogen (secondary N) is 2. The lowest BCUT2D eigenvalue weighted by atomic mass is 10.1. The Morgan fingerprint density at radius 3 is 2.57 bits per heavy atom. The maximum Gasteiger partial charge on any atom is 0.192 e. The first-order valence-corrected chi connectivity index (χ1v) is 10.1. The molecule has 156 valence electrons. The second-order valence-electron chi connectivity index (χ2n) is 6.52. The predicted molar refractivity (Wildman–Crippen MR) is 128 cm³/mol. The van der Waals surface area contributed by atoms with Gasteiger partial charge in [-0.1, -0.05) is 43.1 Å². The van der Waals surface area contributed by atoms with Crippen LogP contribution in [0.3, 0.4) is 0 Å². The third-order valence-corrected chi connectivity index (χ3v) is 5.15. The zero-order chi connectivity index (χ0) is 19.8. The topological polar surface area (TPSA) is 67.1 Å². The third-order valence-electron chi connectivity index (χ3n) is 4.42.